The van der Waals surface area contributed by atoms with Crippen LogP contribution in [-0.4, -0.2) is 29.7 Å². The lowest BCUT2D eigenvalue weighted by Gasteiger charge is -2.17. The van der Waals surface area contributed by atoms with Crippen molar-refractivity contribution in [3.8, 4) is 0 Å². The minimum absolute atomic E-state index is 0.00875. The number of hydrogen-bond donors (Lipinski definition) is 0. The van der Waals surface area contributed by atoms with Crippen molar-refractivity contribution < 1.29 is 4.79 Å². The maximum absolute atomic E-state index is 12.0. The molecule has 0 heterocycles. The summed E-state index contributed by atoms with van der Waals surface area (Å²) in [7, 11) is 1.78. The molecule has 0 N–H and O–H groups in total. The lowest BCUT2D eigenvalue weighted by Crippen LogP contribution is -2.29. The van der Waals surface area contributed by atoms with E-state index in [1.54, 1.807) is 24.1 Å². The fraction of sp³-hybridized carbons (Fsp3) is 0.364. The van der Waals surface area contributed by atoms with E-state index in [0.717, 1.165) is 10.9 Å². The number of alkyl halides is 1. The van der Waals surface area contributed by atoms with Gasteiger partial charge in [0, 0.05) is 29.5 Å². The summed E-state index contributed by atoms with van der Waals surface area (Å²) in [6.07, 6.45) is 0. The number of carbonyl (C=O) groups is 1. The molecule has 0 bridgehead atoms. The quantitative estimate of drug-likeness (QED) is 0.783. The van der Waals surface area contributed by atoms with E-state index in [4.69, 9.17) is 11.6 Å². The number of hydrogen-bond acceptors (Lipinski definition) is 1. The number of nitrogens with zero attached hydrogens (tertiary/aromatic N) is 1. The molecule has 0 aromatic heterocycles. The largest absolute Gasteiger partial charge is 0.341 e. The summed E-state index contributed by atoms with van der Waals surface area (Å²) < 4.78 is 0. The lowest BCUT2D eigenvalue weighted by molar-refractivity contribution is 0.0803. The van der Waals surface area contributed by atoms with Crippen molar-refractivity contribution in [1.29, 1.82) is 0 Å². The fourth-order valence-electron chi connectivity index (χ4n) is 1.26. The van der Waals surface area contributed by atoms with Crippen LogP contribution in [0.25, 0.3) is 0 Å². The molecule has 0 fully saturated rings. The first-order valence-electron chi connectivity index (χ1n) is 4.64. The molecule has 0 spiro atoms. The molecule has 1 rings (SSSR count). The first kappa shape index (κ1) is 12.5. The van der Waals surface area contributed by atoms with Gasteiger partial charge in [-0.05, 0) is 24.6 Å². The lowest BCUT2D eigenvalue weighted by atomic mass is 10.1. The fourth-order valence-corrected chi connectivity index (χ4v) is 1.96. The van der Waals surface area contributed by atoms with E-state index < -0.39 is 0 Å². The molecule has 0 aliphatic rings. The van der Waals surface area contributed by atoms with E-state index in [-0.39, 0.29) is 5.91 Å². The Hall–Kier alpha value is -0.540. The third-order valence-electron chi connectivity index (χ3n) is 2.20. The van der Waals surface area contributed by atoms with Crippen molar-refractivity contribution >= 4 is 33.4 Å². The number of halogens is 2. The molecular weight excluding hydrogens is 277 g/mol. The van der Waals surface area contributed by atoms with Crippen LogP contribution >= 0.6 is 27.5 Å². The molecule has 0 radical (unpaired) electrons. The molecule has 1 aromatic carbocycles. The van der Waals surface area contributed by atoms with Crippen LogP contribution in [-0.2, 0) is 0 Å². The van der Waals surface area contributed by atoms with Crippen LogP contribution in [0.4, 0.5) is 0 Å². The van der Waals surface area contributed by atoms with E-state index in [9.17, 15) is 4.79 Å². The molecule has 0 unspecified atom stereocenters. The average molecular weight is 291 g/mol. The third kappa shape index (κ3) is 3.21. The summed E-state index contributed by atoms with van der Waals surface area (Å²) in [4.78, 5) is 13.6. The van der Waals surface area contributed by atoms with Gasteiger partial charge >= 0.3 is 0 Å². The van der Waals surface area contributed by atoms with Crippen LogP contribution in [0.3, 0.4) is 0 Å². The summed E-state index contributed by atoms with van der Waals surface area (Å²) in [5.41, 5.74) is 1.62. The number of aryl methyl sites for hydroxylation is 1. The average Bonchev–Trinajstić information content (AvgIpc) is 2.21. The normalized spacial score (nSPS) is 10.1. The Labute approximate surface area is 103 Å². The molecule has 4 heteroatoms. The SMILES string of the molecule is Cc1ccc(Cl)cc1C(=O)N(C)CCBr. The molecule has 82 valence electrons. The maximum atomic E-state index is 12.0. The van der Waals surface area contributed by atoms with Crippen LogP contribution in [0, 0.1) is 6.92 Å². The van der Waals surface area contributed by atoms with E-state index in [1.165, 1.54) is 0 Å². The molecular formula is C11H13BrClNO. The zero-order valence-corrected chi connectivity index (χ0v) is 11.1. The highest BCUT2D eigenvalue weighted by molar-refractivity contribution is 9.09. The first-order valence-corrected chi connectivity index (χ1v) is 6.13. The molecule has 2 nitrogen and oxygen atoms in total. The van der Waals surface area contributed by atoms with Crippen molar-refractivity contribution in [2.45, 2.75) is 6.92 Å². The number of carbonyl (C=O) groups excluding carboxylic acids is 1. The number of rotatable bonds is 3. The predicted octanol–water partition coefficient (Wildman–Crippen LogP) is 3.12. The Morgan fingerprint density at radius 2 is 2.20 bits per heavy atom. The highest BCUT2D eigenvalue weighted by atomic mass is 79.9. The Bertz CT molecular complexity index is 368. The van der Waals surface area contributed by atoms with E-state index in [2.05, 4.69) is 15.9 Å². The summed E-state index contributed by atoms with van der Waals surface area (Å²) >= 11 is 9.17. The van der Waals surface area contributed by atoms with E-state index in [1.807, 2.05) is 13.0 Å². The maximum Gasteiger partial charge on any atom is 0.253 e. The highest BCUT2D eigenvalue weighted by Gasteiger charge is 2.13. The monoisotopic (exact) mass is 289 g/mol. The zero-order chi connectivity index (χ0) is 11.4. The second-order valence-corrected chi connectivity index (χ2v) is 4.60. The van der Waals surface area contributed by atoms with Crippen LogP contribution < -0.4 is 0 Å². The molecule has 1 amide bonds. The topological polar surface area (TPSA) is 20.3 Å². The van der Waals surface area contributed by atoms with Gasteiger partial charge in [0.1, 0.15) is 0 Å². The van der Waals surface area contributed by atoms with Crippen LogP contribution in [0.15, 0.2) is 18.2 Å². The van der Waals surface area contributed by atoms with Crippen molar-refractivity contribution in [3.05, 3.63) is 34.3 Å². The summed E-state index contributed by atoms with van der Waals surface area (Å²) in [6, 6.07) is 5.36. The minimum Gasteiger partial charge on any atom is -0.341 e. The highest BCUT2D eigenvalue weighted by Crippen LogP contribution is 2.16. The standard InChI is InChI=1S/C11H13BrClNO/c1-8-3-4-9(13)7-10(8)11(15)14(2)6-5-12/h3-4,7H,5-6H2,1-2H3. The van der Waals surface area contributed by atoms with E-state index >= 15 is 0 Å². The van der Waals surface area contributed by atoms with Crippen molar-refractivity contribution in [1.82, 2.24) is 4.90 Å². The van der Waals surface area contributed by atoms with Crippen molar-refractivity contribution in [2.75, 3.05) is 18.9 Å². The summed E-state index contributed by atoms with van der Waals surface area (Å²) in [5.74, 6) is 0.00875. The van der Waals surface area contributed by atoms with Gasteiger partial charge < -0.3 is 4.90 Å². The van der Waals surface area contributed by atoms with Crippen molar-refractivity contribution in [3.63, 3.8) is 0 Å². The van der Waals surface area contributed by atoms with Gasteiger partial charge in [0.2, 0.25) is 0 Å². The van der Waals surface area contributed by atoms with Crippen LogP contribution in [0.5, 0.6) is 0 Å². The first-order chi connectivity index (χ1) is 7.06. The van der Waals surface area contributed by atoms with Gasteiger partial charge in [0.15, 0.2) is 0 Å². The van der Waals surface area contributed by atoms with Crippen LogP contribution in [0.2, 0.25) is 5.02 Å². The zero-order valence-electron chi connectivity index (χ0n) is 8.76. The molecule has 0 atom stereocenters. The smallest absolute Gasteiger partial charge is 0.253 e. The van der Waals surface area contributed by atoms with Gasteiger partial charge in [-0.2, -0.15) is 0 Å². The Morgan fingerprint density at radius 3 is 2.80 bits per heavy atom. The Balaban J connectivity index is 2.95. The minimum atomic E-state index is 0.00875. The van der Waals surface area contributed by atoms with E-state index in [0.29, 0.717) is 17.1 Å². The second-order valence-electron chi connectivity index (χ2n) is 3.37. The van der Waals surface area contributed by atoms with Gasteiger partial charge in [-0.15, -0.1) is 0 Å². The van der Waals surface area contributed by atoms with Gasteiger partial charge in [-0.1, -0.05) is 33.6 Å². The molecule has 1 aromatic rings. The van der Waals surface area contributed by atoms with Gasteiger partial charge in [-0.25, -0.2) is 0 Å². The molecule has 0 aliphatic carbocycles. The van der Waals surface area contributed by atoms with Gasteiger partial charge in [0.25, 0.3) is 5.91 Å². The predicted molar refractivity (Wildman–Crippen MR) is 66.9 cm³/mol. The molecule has 0 aliphatic heterocycles. The second kappa shape index (κ2) is 5.52. The summed E-state index contributed by atoms with van der Waals surface area (Å²) in [6.45, 7) is 2.59. The Kier molecular flexibility index (Phi) is 4.61. The van der Waals surface area contributed by atoms with Gasteiger partial charge in [-0.3, -0.25) is 4.79 Å². The molecule has 0 saturated heterocycles. The van der Waals surface area contributed by atoms with Crippen LogP contribution in [0.1, 0.15) is 15.9 Å². The molecule has 0 saturated carbocycles. The summed E-state index contributed by atoms with van der Waals surface area (Å²) in [5, 5.41) is 1.37. The Morgan fingerprint density at radius 1 is 1.53 bits per heavy atom. The molecule has 15 heavy (non-hydrogen) atoms. The number of amides is 1. The number of benzene rings is 1. The van der Waals surface area contributed by atoms with Crippen molar-refractivity contribution in [2.24, 2.45) is 0 Å². The third-order valence-corrected chi connectivity index (χ3v) is 2.79. The van der Waals surface area contributed by atoms with Gasteiger partial charge in [0.05, 0.1) is 0 Å².